The Hall–Kier alpha value is -0.790. The summed E-state index contributed by atoms with van der Waals surface area (Å²) >= 11 is 5.23. The van der Waals surface area contributed by atoms with Gasteiger partial charge in [0, 0.05) is 0 Å². The summed E-state index contributed by atoms with van der Waals surface area (Å²) in [6, 6.07) is 9.69. The van der Waals surface area contributed by atoms with E-state index in [1.54, 1.807) is 6.08 Å². The van der Waals surface area contributed by atoms with Crippen LogP contribution in [0.15, 0.2) is 43.0 Å². The lowest BCUT2D eigenvalue weighted by Crippen LogP contribution is -1.92. The summed E-state index contributed by atoms with van der Waals surface area (Å²) in [5.74, 6) is 0. The zero-order chi connectivity index (χ0) is 8.10. The van der Waals surface area contributed by atoms with E-state index in [-0.39, 0.29) is 6.10 Å². The van der Waals surface area contributed by atoms with Crippen molar-refractivity contribution in [3.63, 3.8) is 0 Å². The van der Waals surface area contributed by atoms with Crippen LogP contribution in [0.1, 0.15) is 11.7 Å². The third kappa shape index (κ3) is 2.07. The molecule has 0 bridgehead atoms. The second-order valence-electron chi connectivity index (χ2n) is 2.16. The summed E-state index contributed by atoms with van der Waals surface area (Å²) in [6.45, 7) is 3.60. The molecular formula is C9H9ClO. The fourth-order valence-corrected chi connectivity index (χ4v) is 1.04. The second-order valence-corrected chi connectivity index (χ2v) is 2.33. The molecule has 1 rings (SSSR count). The molecule has 0 aliphatic rings. The molecule has 0 spiro atoms. The Morgan fingerprint density at radius 1 is 1.36 bits per heavy atom. The van der Waals surface area contributed by atoms with Crippen molar-refractivity contribution in [3.05, 3.63) is 48.6 Å². The van der Waals surface area contributed by atoms with E-state index in [1.807, 2.05) is 30.3 Å². The maximum atomic E-state index is 5.23. The van der Waals surface area contributed by atoms with E-state index in [1.165, 1.54) is 0 Å². The van der Waals surface area contributed by atoms with Crippen LogP contribution in [0.2, 0.25) is 0 Å². The Balaban J connectivity index is 2.82. The molecule has 0 saturated carbocycles. The molecule has 0 fully saturated rings. The molecule has 0 amide bonds. The summed E-state index contributed by atoms with van der Waals surface area (Å²) in [5, 5.41) is 0. The molecule has 0 aliphatic heterocycles. The van der Waals surface area contributed by atoms with Crippen LogP contribution < -0.4 is 0 Å². The number of benzene rings is 1. The number of hydrogen-bond acceptors (Lipinski definition) is 1. The number of rotatable bonds is 3. The van der Waals surface area contributed by atoms with E-state index < -0.39 is 0 Å². The van der Waals surface area contributed by atoms with Crippen molar-refractivity contribution in [2.45, 2.75) is 6.10 Å². The van der Waals surface area contributed by atoms with Crippen LogP contribution in [0.5, 0.6) is 0 Å². The molecule has 0 heterocycles. The van der Waals surface area contributed by atoms with Crippen molar-refractivity contribution < 1.29 is 4.29 Å². The monoisotopic (exact) mass is 168 g/mol. The number of hydrogen-bond donors (Lipinski definition) is 0. The Labute approximate surface area is 71.4 Å². The molecule has 0 aromatic heterocycles. The predicted octanol–water partition coefficient (Wildman–Crippen LogP) is 3.08. The molecule has 11 heavy (non-hydrogen) atoms. The van der Waals surface area contributed by atoms with Crippen LogP contribution in [0.3, 0.4) is 0 Å². The molecule has 0 N–H and O–H groups in total. The van der Waals surface area contributed by atoms with Crippen LogP contribution in [0, 0.1) is 0 Å². The van der Waals surface area contributed by atoms with Crippen molar-refractivity contribution in [2.75, 3.05) is 0 Å². The predicted molar refractivity (Wildman–Crippen MR) is 46.3 cm³/mol. The van der Waals surface area contributed by atoms with E-state index in [0.717, 1.165) is 5.56 Å². The van der Waals surface area contributed by atoms with E-state index in [9.17, 15) is 0 Å². The Morgan fingerprint density at radius 3 is 2.45 bits per heavy atom. The maximum Gasteiger partial charge on any atom is 0.122 e. The molecule has 2 heteroatoms. The Bertz CT molecular complexity index is 220. The lowest BCUT2D eigenvalue weighted by molar-refractivity contribution is 0.285. The first-order chi connectivity index (χ1) is 5.38. The highest BCUT2D eigenvalue weighted by atomic mass is 35.5. The van der Waals surface area contributed by atoms with Gasteiger partial charge in [-0.2, -0.15) is 0 Å². The fraction of sp³-hybridized carbons (Fsp3) is 0.111. The largest absolute Gasteiger partial charge is 0.267 e. The van der Waals surface area contributed by atoms with Crippen molar-refractivity contribution in [2.24, 2.45) is 0 Å². The molecule has 0 aliphatic carbocycles. The van der Waals surface area contributed by atoms with Crippen molar-refractivity contribution in [1.29, 1.82) is 0 Å². The van der Waals surface area contributed by atoms with Gasteiger partial charge in [-0.15, -0.1) is 6.58 Å². The highest BCUT2D eigenvalue weighted by molar-refractivity contribution is 6.07. The fourth-order valence-electron chi connectivity index (χ4n) is 0.867. The summed E-state index contributed by atoms with van der Waals surface area (Å²) < 4.78 is 4.64. The first-order valence-corrected chi connectivity index (χ1v) is 3.64. The lowest BCUT2D eigenvalue weighted by atomic mass is 10.1. The molecule has 1 nitrogen and oxygen atoms in total. The van der Waals surface area contributed by atoms with E-state index >= 15 is 0 Å². The van der Waals surface area contributed by atoms with Gasteiger partial charge in [0.2, 0.25) is 0 Å². The molecular weight excluding hydrogens is 160 g/mol. The molecule has 0 radical (unpaired) electrons. The van der Waals surface area contributed by atoms with Crippen LogP contribution in [0.25, 0.3) is 0 Å². The molecule has 1 aromatic rings. The van der Waals surface area contributed by atoms with Gasteiger partial charge in [-0.1, -0.05) is 36.4 Å². The minimum atomic E-state index is -0.210. The van der Waals surface area contributed by atoms with Gasteiger partial charge in [0.15, 0.2) is 0 Å². The number of halogens is 1. The van der Waals surface area contributed by atoms with E-state index in [2.05, 4.69) is 10.9 Å². The summed E-state index contributed by atoms with van der Waals surface area (Å²) in [6.07, 6.45) is 1.44. The molecule has 0 saturated heterocycles. The zero-order valence-corrected chi connectivity index (χ0v) is 6.79. The minimum Gasteiger partial charge on any atom is -0.267 e. The maximum absolute atomic E-state index is 5.23. The molecule has 58 valence electrons. The van der Waals surface area contributed by atoms with Crippen LogP contribution >= 0.6 is 11.9 Å². The minimum absolute atomic E-state index is 0.210. The Morgan fingerprint density at radius 2 is 2.00 bits per heavy atom. The zero-order valence-electron chi connectivity index (χ0n) is 6.03. The van der Waals surface area contributed by atoms with E-state index in [4.69, 9.17) is 11.9 Å². The third-order valence-electron chi connectivity index (χ3n) is 1.44. The normalized spacial score (nSPS) is 12.5. The van der Waals surface area contributed by atoms with E-state index in [0.29, 0.717) is 0 Å². The molecule has 1 aromatic carbocycles. The average Bonchev–Trinajstić information content (AvgIpc) is 2.09. The van der Waals surface area contributed by atoms with Crippen LogP contribution in [0.4, 0.5) is 0 Å². The second kappa shape index (κ2) is 4.16. The average molecular weight is 169 g/mol. The van der Waals surface area contributed by atoms with Gasteiger partial charge in [0.05, 0.1) is 11.9 Å². The summed E-state index contributed by atoms with van der Waals surface area (Å²) in [5.41, 5.74) is 1.01. The highest BCUT2D eigenvalue weighted by Crippen LogP contribution is 2.18. The SMILES string of the molecule is C=CC(OCl)c1ccccc1. The summed E-state index contributed by atoms with van der Waals surface area (Å²) in [7, 11) is 0. The van der Waals surface area contributed by atoms with Gasteiger partial charge in [0.25, 0.3) is 0 Å². The molecule has 1 unspecified atom stereocenters. The van der Waals surface area contributed by atoms with Gasteiger partial charge in [0.1, 0.15) is 6.10 Å². The topological polar surface area (TPSA) is 9.23 Å². The van der Waals surface area contributed by atoms with Gasteiger partial charge in [-0.25, -0.2) is 0 Å². The molecule has 1 atom stereocenters. The smallest absolute Gasteiger partial charge is 0.122 e. The van der Waals surface area contributed by atoms with Crippen molar-refractivity contribution in [1.82, 2.24) is 0 Å². The first-order valence-electron chi connectivity index (χ1n) is 3.33. The highest BCUT2D eigenvalue weighted by Gasteiger charge is 2.04. The Kier molecular flexibility index (Phi) is 3.14. The first kappa shape index (κ1) is 8.31. The van der Waals surface area contributed by atoms with Crippen molar-refractivity contribution in [3.8, 4) is 0 Å². The van der Waals surface area contributed by atoms with Gasteiger partial charge >= 0.3 is 0 Å². The standard InChI is InChI=1S/C9H9ClO/c1-2-9(11-10)8-6-4-3-5-7-8/h2-7,9H,1H2. The van der Waals surface area contributed by atoms with Gasteiger partial charge in [-0.05, 0) is 5.56 Å². The van der Waals surface area contributed by atoms with Gasteiger partial charge in [-0.3, -0.25) is 4.29 Å². The lowest BCUT2D eigenvalue weighted by Gasteiger charge is -2.06. The quantitative estimate of drug-likeness (QED) is 0.631. The summed E-state index contributed by atoms with van der Waals surface area (Å²) in [4.78, 5) is 0. The third-order valence-corrected chi connectivity index (χ3v) is 1.63. The van der Waals surface area contributed by atoms with Gasteiger partial charge < -0.3 is 0 Å². The van der Waals surface area contributed by atoms with Crippen LogP contribution in [-0.4, -0.2) is 0 Å². The van der Waals surface area contributed by atoms with Crippen LogP contribution in [-0.2, 0) is 4.29 Å². The van der Waals surface area contributed by atoms with Crippen molar-refractivity contribution >= 4 is 11.9 Å².